The van der Waals surface area contributed by atoms with Gasteiger partial charge in [0.1, 0.15) is 11.6 Å². The number of ether oxygens (including phenoxy) is 3. The highest BCUT2D eigenvalue weighted by Gasteiger charge is 2.45. The summed E-state index contributed by atoms with van der Waals surface area (Å²) in [5, 5.41) is 5.66. The smallest absolute Gasteiger partial charge is 0.410 e. The number of amides is 5. The molecule has 3 heterocycles. The minimum Gasteiger partial charge on any atom is -0.444 e. The number of piperidine rings is 1. The summed E-state index contributed by atoms with van der Waals surface area (Å²) in [6.45, 7) is 9.63. The largest absolute Gasteiger partial charge is 0.444 e. The summed E-state index contributed by atoms with van der Waals surface area (Å²) in [7, 11) is 0. The van der Waals surface area contributed by atoms with Crippen LogP contribution in [-0.2, 0) is 23.8 Å². The fourth-order valence-corrected chi connectivity index (χ4v) is 5.47. The summed E-state index contributed by atoms with van der Waals surface area (Å²) in [6, 6.07) is 3.92. The van der Waals surface area contributed by atoms with E-state index in [4.69, 9.17) is 14.2 Å². The van der Waals surface area contributed by atoms with Crippen molar-refractivity contribution in [3.05, 3.63) is 29.3 Å². The molecule has 41 heavy (non-hydrogen) atoms. The summed E-state index contributed by atoms with van der Waals surface area (Å²) in [4.78, 5) is 64.3. The van der Waals surface area contributed by atoms with Gasteiger partial charge in [-0.1, -0.05) is 18.0 Å². The van der Waals surface area contributed by atoms with E-state index in [2.05, 4.69) is 15.4 Å². The summed E-state index contributed by atoms with van der Waals surface area (Å²) in [6.07, 6.45) is -0.0957. The number of fused-ring (bicyclic) bond motifs is 1. The molecule has 14 heteroatoms. The van der Waals surface area contributed by atoms with Gasteiger partial charge in [0.05, 0.1) is 42.8 Å². The van der Waals surface area contributed by atoms with Gasteiger partial charge in [0.25, 0.3) is 11.8 Å². The zero-order valence-electron chi connectivity index (χ0n) is 23.5. The maximum Gasteiger partial charge on any atom is 0.410 e. The van der Waals surface area contributed by atoms with Gasteiger partial charge in [0.2, 0.25) is 11.8 Å². The highest BCUT2D eigenvalue weighted by atomic mass is 32.2. The van der Waals surface area contributed by atoms with Crippen LogP contribution in [0.1, 0.15) is 54.3 Å². The lowest BCUT2D eigenvalue weighted by molar-refractivity contribution is -0.136. The van der Waals surface area contributed by atoms with Crippen molar-refractivity contribution in [2.45, 2.75) is 50.5 Å². The monoisotopic (exact) mass is 591 g/mol. The van der Waals surface area contributed by atoms with Gasteiger partial charge in [-0.3, -0.25) is 34.1 Å². The Morgan fingerprint density at radius 3 is 2.41 bits per heavy atom. The second-order valence-corrected chi connectivity index (χ2v) is 12.0. The van der Waals surface area contributed by atoms with E-state index in [-0.39, 0.29) is 30.1 Å². The highest BCUT2D eigenvalue weighted by molar-refractivity contribution is 7.98. The normalized spacial score (nSPS) is 19.2. The van der Waals surface area contributed by atoms with E-state index >= 15 is 0 Å². The van der Waals surface area contributed by atoms with E-state index in [1.54, 1.807) is 35.0 Å². The standard InChI is InChI=1S/C27H37N5O8S/c1-27(2,3)40-26(37)31-15-17(16-31)41-29-10-12-39-14-13-38-11-9-28-19-6-4-5-18-22(19)25(36)32(24(18)35)20-7-8-21(33)30-23(20)34/h4-6,17,20,28-29H,7-16H2,1-3H3,(H,30,33,34). The number of hydrogen-bond donors (Lipinski definition) is 3. The Hall–Kier alpha value is -3.20. The zero-order chi connectivity index (χ0) is 29.6. The minimum atomic E-state index is -1.00. The van der Waals surface area contributed by atoms with Gasteiger partial charge >= 0.3 is 6.09 Å². The molecule has 1 aromatic carbocycles. The van der Waals surface area contributed by atoms with Crippen LogP contribution in [-0.4, -0.2) is 109 Å². The number of anilines is 1. The van der Waals surface area contributed by atoms with Crippen LogP contribution in [0.25, 0.3) is 0 Å². The summed E-state index contributed by atoms with van der Waals surface area (Å²) < 4.78 is 19.8. The lowest BCUT2D eigenvalue weighted by Gasteiger charge is -2.39. The third kappa shape index (κ3) is 7.97. The second-order valence-electron chi connectivity index (χ2n) is 10.8. The minimum absolute atomic E-state index is 0.0716. The van der Waals surface area contributed by atoms with Gasteiger partial charge in [-0.05, 0) is 39.3 Å². The molecule has 0 aromatic heterocycles. The Morgan fingerprint density at radius 1 is 1.02 bits per heavy atom. The number of nitrogens with one attached hydrogen (secondary N) is 3. The molecule has 0 spiro atoms. The predicted octanol–water partition coefficient (Wildman–Crippen LogP) is 1.39. The van der Waals surface area contributed by atoms with Crippen LogP contribution >= 0.6 is 11.9 Å². The van der Waals surface area contributed by atoms with E-state index in [0.29, 0.717) is 63.5 Å². The Balaban J connectivity index is 1.06. The van der Waals surface area contributed by atoms with Crippen molar-refractivity contribution >= 4 is 47.4 Å². The molecule has 4 rings (SSSR count). The maximum atomic E-state index is 13.1. The van der Waals surface area contributed by atoms with E-state index in [9.17, 15) is 24.0 Å². The van der Waals surface area contributed by atoms with Crippen molar-refractivity contribution < 1.29 is 38.2 Å². The molecule has 3 aliphatic heterocycles. The highest BCUT2D eigenvalue weighted by Crippen LogP contribution is 2.32. The first-order valence-electron chi connectivity index (χ1n) is 13.7. The number of carbonyl (C=O) groups is 5. The second kappa shape index (κ2) is 13.6. The molecular weight excluding hydrogens is 554 g/mol. The van der Waals surface area contributed by atoms with Gasteiger partial charge < -0.3 is 24.4 Å². The van der Waals surface area contributed by atoms with Gasteiger partial charge in [-0.25, -0.2) is 4.79 Å². The average Bonchev–Trinajstić information content (AvgIpc) is 3.12. The Morgan fingerprint density at radius 2 is 1.73 bits per heavy atom. The van der Waals surface area contributed by atoms with Crippen LogP contribution in [0.2, 0.25) is 0 Å². The van der Waals surface area contributed by atoms with Crippen molar-refractivity contribution in [2.75, 3.05) is 57.9 Å². The molecule has 2 fully saturated rings. The molecule has 13 nitrogen and oxygen atoms in total. The lowest BCUT2D eigenvalue weighted by atomic mass is 10.0. The Kier molecular flexibility index (Phi) is 10.2. The van der Waals surface area contributed by atoms with Crippen molar-refractivity contribution in [2.24, 2.45) is 0 Å². The van der Waals surface area contributed by atoms with Crippen molar-refractivity contribution in [3.8, 4) is 0 Å². The predicted molar refractivity (Wildman–Crippen MR) is 150 cm³/mol. The van der Waals surface area contributed by atoms with Crippen LogP contribution in [0.15, 0.2) is 18.2 Å². The molecule has 5 amide bonds. The quantitative estimate of drug-likeness (QED) is 0.173. The van der Waals surface area contributed by atoms with Crippen LogP contribution < -0.4 is 15.4 Å². The summed E-state index contributed by atoms with van der Waals surface area (Å²) in [5.74, 6) is -2.15. The number of benzene rings is 1. The van der Waals surface area contributed by atoms with Gasteiger partial charge in [-0.2, -0.15) is 0 Å². The number of imide groups is 2. The van der Waals surface area contributed by atoms with E-state index in [0.717, 1.165) is 4.90 Å². The Labute approximate surface area is 243 Å². The van der Waals surface area contributed by atoms with Gasteiger partial charge in [-0.15, -0.1) is 0 Å². The van der Waals surface area contributed by atoms with Crippen molar-refractivity contribution in [3.63, 3.8) is 0 Å². The molecule has 0 radical (unpaired) electrons. The summed E-state index contributed by atoms with van der Waals surface area (Å²) in [5.41, 5.74) is 0.442. The molecule has 0 saturated carbocycles. The topological polar surface area (TPSA) is 156 Å². The van der Waals surface area contributed by atoms with E-state index in [1.165, 1.54) is 0 Å². The van der Waals surface area contributed by atoms with Crippen LogP contribution in [0, 0.1) is 0 Å². The van der Waals surface area contributed by atoms with Gasteiger partial charge in [0, 0.05) is 38.3 Å². The number of likely N-dealkylation sites (tertiary alicyclic amines) is 1. The number of carbonyl (C=O) groups excluding carboxylic acids is 5. The third-order valence-corrected chi connectivity index (χ3v) is 7.50. The first-order chi connectivity index (χ1) is 19.5. The molecule has 0 aliphatic carbocycles. The van der Waals surface area contributed by atoms with Crippen LogP contribution in [0.3, 0.4) is 0 Å². The molecular formula is C27H37N5O8S. The summed E-state index contributed by atoms with van der Waals surface area (Å²) >= 11 is 1.59. The molecule has 1 aromatic rings. The SMILES string of the molecule is CC(C)(C)OC(=O)N1CC(SNCCOCCOCCNc2cccc3c2C(=O)N(C2CCC(=O)NC2=O)C3=O)C1. The molecule has 1 atom stereocenters. The molecule has 3 N–H and O–H groups in total. The van der Waals surface area contributed by atoms with E-state index < -0.39 is 35.3 Å². The fourth-order valence-electron chi connectivity index (χ4n) is 4.52. The number of nitrogens with zero attached hydrogens (tertiary/aromatic N) is 2. The molecule has 3 aliphatic rings. The maximum absolute atomic E-state index is 13.1. The van der Waals surface area contributed by atoms with Crippen molar-refractivity contribution in [1.29, 1.82) is 0 Å². The zero-order valence-corrected chi connectivity index (χ0v) is 24.3. The van der Waals surface area contributed by atoms with Crippen molar-refractivity contribution in [1.82, 2.24) is 19.8 Å². The lowest BCUT2D eigenvalue weighted by Crippen LogP contribution is -2.54. The molecule has 0 bridgehead atoms. The Bertz CT molecular complexity index is 1170. The number of rotatable bonds is 13. The first kappa shape index (κ1) is 30.8. The van der Waals surface area contributed by atoms with Crippen LogP contribution in [0.5, 0.6) is 0 Å². The van der Waals surface area contributed by atoms with Gasteiger partial charge in [0.15, 0.2) is 0 Å². The molecule has 2 saturated heterocycles. The van der Waals surface area contributed by atoms with Crippen LogP contribution in [0.4, 0.5) is 10.5 Å². The fraction of sp³-hybridized carbons (Fsp3) is 0.593. The average molecular weight is 592 g/mol. The van der Waals surface area contributed by atoms with E-state index in [1.807, 2.05) is 20.8 Å². The molecule has 224 valence electrons. The third-order valence-electron chi connectivity index (χ3n) is 6.50. The first-order valence-corrected chi connectivity index (χ1v) is 14.5. The molecule has 1 unspecified atom stereocenters. The number of hydrogen-bond acceptors (Lipinski definition) is 11.